The van der Waals surface area contributed by atoms with Gasteiger partial charge < -0.3 is 15.2 Å². The molecule has 1 fully saturated rings. The molecule has 6 heteroatoms. The molecule has 5 nitrogen and oxygen atoms in total. The topological polar surface area (TPSA) is 61.8 Å². The predicted octanol–water partition coefficient (Wildman–Crippen LogP) is 1.93. The quantitative estimate of drug-likeness (QED) is 0.838. The number of methoxy groups -OCH3 is 1. The predicted molar refractivity (Wildman–Crippen MR) is 86.6 cm³/mol. The van der Waals surface area contributed by atoms with Crippen molar-refractivity contribution in [3.8, 4) is 5.75 Å². The summed E-state index contributed by atoms with van der Waals surface area (Å²) < 4.78 is 5.07. The number of carbonyl (C=O) groups excluding carboxylic acids is 1. The number of halogens is 1. The molecule has 1 aliphatic rings. The number of benzene rings is 1. The Kier molecular flexibility index (Phi) is 6.49. The number of aliphatic hydroxyl groups excluding tert-OH is 1. The van der Waals surface area contributed by atoms with E-state index in [2.05, 4.69) is 10.2 Å². The number of amides is 1. The summed E-state index contributed by atoms with van der Waals surface area (Å²) in [6.45, 7) is 2.47. The Labute approximate surface area is 136 Å². The minimum absolute atomic E-state index is 0.151. The van der Waals surface area contributed by atoms with Crippen LogP contribution in [-0.4, -0.2) is 55.3 Å². The number of hydrogen-bond donors (Lipinski definition) is 2. The summed E-state index contributed by atoms with van der Waals surface area (Å²) in [5.41, 5.74) is 0.517. The fraction of sp³-hybridized carbons (Fsp3) is 0.562. The fourth-order valence-electron chi connectivity index (χ4n) is 2.78. The lowest BCUT2D eigenvalue weighted by Gasteiger charge is -2.34. The molecule has 1 amide bonds. The molecular formula is C16H23ClN2O3. The van der Waals surface area contributed by atoms with E-state index in [0.29, 0.717) is 22.9 Å². The SMILES string of the molecule is COc1ccc(C(=O)NCCN2CCCC[C@H]2CO)cc1Cl. The van der Waals surface area contributed by atoms with Gasteiger partial charge in [-0.2, -0.15) is 0 Å². The normalized spacial score (nSPS) is 19.0. The molecule has 0 spiro atoms. The van der Waals surface area contributed by atoms with E-state index in [9.17, 15) is 9.90 Å². The molecule has 0 unspecified atom stereocenters. The smallest absolute Gasteiger partial charge is 0.251 e. The molecule has 0 aliphatic carbocycles. The van der Waals surface area contributed by atoms with Gasteiger partial charge in [-0.15, -0.1) is 0 Å². The van der Waals surface area contributed by atoms with Gasteiger partial charge in [-0.25, -0.2) is 0 Å². The molecule has 1 atom stereocenters. The molecule has 0 bridgehead atoms. The molecular weight excluding hydrogens is 304 g/mol. The van der Waals surface area contributed by atoms with Crippen LogP contribution in [0.1, 0.15) is 29.6 Å². The maximum Gasteiger partial charge on any atom is 0.251 e. The van der Waals surface area contributed by atoms with Crippen molar-refractivity contribution in [2.45, 2.75) is 25.3 Å². The van der Waals surface area contributed by atoms with Crippen LogP contribution in [0.2, 0.25) is 5.02 Å². The first-order valence-corrected chi connectivity index (χ1v) is 8.00. The lowest BCUT2D eigenvalue weighted by atomic mass is 10.0. The third-order valence-electron chi connectivity index (χ3n) is 4.06. The van der Waals surface area contributed by atoms with E-state index in [4.69, 9.17) is 16.3 Å². The number of aliphatic hydroxyl groups is 1. The molecule has 0 radical (unpaired) electrons. The molecule has 22 heavy (non-hydrogen) atoms. The Morgan fingerprint density at radius 1 is 1.50 bits per heavy atom. The van der Waals surface area contributed by atoms with Gasteiger partial charge in [-0.3, -0.25) is 9.69 Å². The zero-order chi connectivity index (χ0) is 15.9. The number of piperidine rings is 1. The van der Waals surface area contributed by atoms with Crippen molar-refractivity contribution < 1.29 is 14.6 Å². The van der Waals surface area contributed by atoms with Crippen molar-refractivity contribution >= 4 is 17.5 Å². The third kappa shape index (κ3) is 4.35. The summed E-state index contributed by atoms with van der Waals surface area (Å²) in [5.74, 6) is 0.402. The second kappa shape index (κ2) is 8.36. The first-order chi connectivity index (χ1) is 10.7. The summed E-state index contributed by atoms with van der Waals surface area (Å²) in [6, 6.07) is 5.20. The Bertz CT molecular complexity index is 510. The Hall–Kier alpha value is -1.30. The third-order valence-corrected chi connectivity index (χ3v) is 4.35. The van der Waals surface area contributed by atoms with Gasteiger partial charge in [-0.05, 0) is 37.6 Å². The summed E-state index contributed by atoms with van der Waals surface area (Å²) in [4.78, 5) is 14.4. The number of likely N-dealkylation sites (tertiary alicyclic amines) is 1. The van der Waals surface area contributed by atoms with Gasteiger partial charge >= 0.3 is 0 Å². The highest BCUT2D eigenvalue weighted by Gasteiger charge is 2.21. The molecule has 2 rings (SSSR count). The maximum atomic E-state index is 12.1. The van der Waals surface area contributed by atoms with E-state index in [-0.39, 0.29) is 18.6 Å². The Morgan fingerprint density at radius 3 is 3.00 bits per heavy atom. The number of nitrogens with one attached hydrogen (secondary N) is 1. The minimum atomic E-state index is -0.151. The maximum absolute atomic E-state index is 12.1. The van der Waals surface area contributed by atoms with Crippen LogP contribution in [0.3, 0.4) is 0 Å². The van der Waals surface area contributed by atoms with E-state index >= 15 is 0 Å². The van der Waals surface area contributed by atoms with Crippen molar-refractivity contribution in [3.63, 3.8) is 0 Å². The number of nitrogens with zero attached hydrogens (tertiary/aromatic N) is 1. The average Bonchev–Trinajstić information content (AvgIpc) is 2.55. The molecule has 122 valence electrons. The summed E-state index contributed by atoms with van der Waals surface area (Å²) in [7, 11) is 1.54. The number of carbonyl (C=O) groups is 1. The fourth-order valence-corrected chi connectivity index (χ4v) is 3.04. The van der Waals surface area contributed by atoms with Gasteiger partial charge in [0.05, 0.1) is 18.7 Å². The van der Waals surface area contributed by atoms with Crippen molar-refractivity contribution in [3.05, 3.63) is 28.8 Å². The van der Waals surface area contributed by atoms with Crippen molar-refractivity contribution in [1.82, 2.24) is 10.2 Å². The van der Waals surface area contributed by atoms with Gasteiger partial charge in [0.25, 0.3) is 5.91 Å². The number of rotatable bonds is 6. The highest BCUT2D eigenvalue weighted by Crippen LogP contribution is 2.24. The van der Waals surface area contributed by atoms with Gasteiger partial charge in [0.1, 0.15) is 5.75 Å². The molecule has 0 aromatic heterocycles. The van der Waals surface area contributed by atoms with Crippen LogP contribution in [0.5, 0.6) is 5.75 Å². The summed E-state index contributed by atoms with van der Waals surface area (Å²) in [6.07, 6.45) is 3.34. The first kappa shape index (κ1) is 17.1. The average molecular weight is 327 g/mol. The molecule has 1 aliphatic heterocycles. The van der Waals surface area contributed by atoms with Crippen molar-refractivity contribution in [2.75, 3.05) is 33.4 Å². The van der Waals surface area contributed by atoms with Gasteiger partial charge in [0.2, 0.25) is 0 Å². The standard InChI is InChI=1S/C16H23ClN2O3/c1-22-15-6-5-12(10-14(15)17)16(21)18-7-9-19-8-3-2-4-13(19)11-20/h5-6,10,13,20H,2-4,7-9,11H2,1H3,(H,18,21)/t13-/m0/s1. The van der Waals surface area contributed by atoms with Crippen LogP contribution in [0.4, 0.5) is 0 Å². The largest absolute Gasteiger partial charge is 0.495 e. The second-order valence-electron chi connectivity index (χ2n) is 5.47. The minimum Gasteiger partial charge on any atom is -0.495 e. The van der Waals surface area contributed by atoms with E-state index in [0.717, 1.165) is 25.9 Å². The van der Waals surface area contributed by atoms with Gasteiger partial charge in [0.15, 0.2) is 0 Å². The van der Waals surface area contributed by atoms with Crippen LogP contribution in [0.25, 0.3) is 0 Å². The number of hydrogen-bond acceptors (Lipinski definition) is 4. The van der Waals surface area contributed by atoms with Gasteiger partial charge in [0, 0.05) is 24.7 Å². The number of ether oxygens (including phenoxy) is 1. The van der Waals surface area contributed by atoms with Crippen LogP contribution in [0.15, 0.2) is 18.2 Å². The van der Waals surface area contributed by atoms with Crippen molar-refractivity contribution in [1.29, 1.82) is 0 Å². The zero-order valence-corrected chi connectivity index (χ0v) is 13.6. The summed E-state index contributed by atoms with van der Waals surface area (Å²) in [5, 5.41) is 12.7. The molecule has 0 saturated carbocycles. The Balaban J connectivity index is 1.83. The van der Waals surface area contributed by atoms with E-state index < -0.39 is 0 Å². The molecule has 1 aromatic rings. The van der Waals surface area contributed by atoms with Crippen LogP contribution >= 0.6 is 11.6 Å². The van der Waals surface area contributed by atoms with Crippen molar-refractivity contribution in [2.24, 2.45) is 0 Å². The van der Waals surface area contributed by atoms with Crippen LogP contribution in [-0.2, 0) is 0 Å². The Morgan fingerprint density at radius 2 is 2.32 bits per heavy atom. The lowest BCUT2D eigenvalue weighted by molar-refractivity contribution is 0.0849. The van der Waals surface area contributed by atoms with E-state index in [1.54, 1.807) is 18.2 Å². The zero-order valence-electron chi connectivity index (χ0n) is 12.8. The van der Waals surface area contributed by atoms with Crippen LogP contribution in [0, 0.1) is 0 Å². The molecule has 1 saturated heterocycles. The van der Waals surface area contributed by atoms with E-state index in [1.165, 1.54) is 13.5 Å². The van der Waals surface area contributed by atoms with Crippen LogP contribution < -0.4 is 10.1 Å². The first-order valence-electron chi connectivity index (χ1n) is 7.62. The highest BCUT2D eigenvalue weighted by molar-refractivity contribution is 6.32. The lowest BCUT2D eigenvalue weighted by Crippen LogP contribution is -2.45. The molecule has 1 heterocycles. The molecule has 2 N–H and O–H groups in total. The monoisotopic (exact) mass is 326 g/mol. The van der Waals surface area contributed by atoms with Gasteiger partial charge in [-0.1, -0.05) is 18.0 Å². The second-order valence-corrected chi connectivity index (χ2v) is 5.88. The molecule has 1 aromatic carbocycles. The summed E-state index contributed by atoms with van der Waals surface area (Å²) >= 11 is 6.03. The van der Waals surface area contributed by atoms with E-state index in [1.807, 2.05) is 0 Å². The highest BCUT2D eigenvalue weighted by atomic mass is 35.5.